The Kier molecular flexibility index (Phi) is 5.44. The molecule has 2 rings (SSSR count). The molecule has 104 valence electrons. The second kappa shape index (κ2) is 7.32. The van der Waals surface area contributed by atoms with E-state index < -0.39 is 0 Å². The zero-order valence-corrected chi connectivity index (χ0v) is 12.3. The number of unbranched alkanes of at least 4 members (excludes halogenated alkanes) is 4. The predicted molar refractivity (Wildman–Crippen MR) is 82.6 cm³/mol. The van der Waals surface area contributed by atoms with Gasteiger partial charge in [-0.05, 0) is 43.4 Å². The standard InChI is InChI=1S/C17H26N2/c1-3-5-7-9-14-11-12-17-15(13-14)16(18-19-17)10-8-6-4-2/h11-13H,3-10H2,1-2H3,(H,18,19). The third-order valence-corrected chi connectivity index (χ3v) is 3.79. The van der Waals surface area contributed by atoms with Crippen molar-refractivity contribution in [3.8, 4) is 0 Å². The number of nitrogens with zero attached hydrogens (tertiary/aromatic N) is 1. The minimum Gasteiger partial charge on any atom is -0.278 e. The molecule has 0 fully saturated rings. The fraction of sp³-hybridized carbons (Fsp3) is 0.588. The van der Waals surface area contributed by atoms with Crippen LogP contribution in [0.1, 0.15) is 63.6 Å². The van der Waals surface area contributed by atoms with Crippen LogP contribution < -0.4 is 0 Å². The fourth-order valence-corrected chi connectivity index (χ4v) is 2.58. The molecule has 0 amide bonds. The second-order valence-electron chi connectivity index (χ2n) is 5.46. The molecule has 0 saturated carbocycles. The van der Waals surface area contributed by atoms with E-state index in [2.05, 4.69) is 42.2 Å². The topological polar surface area (TPSA) is 28.7 Å². The Morgan fingerprint density at radius 1 is 0.947 bits per heavy atom. The number of aromatic amines is 1. The van der Waals surface area contributed by atoms with Gasteiger partial charge in [-0.1, -0.05) is 45.6 Å². The molecule has 0 radical (unpaired) electrons. The summed E-state index contributed by atoms with van der Waals surface area (Å²) < 4.78 is 0. The van der Waals surface area contributed by atoms with Crippen molar-refractivity contribution in [2.24, 2.45) is 0 Å². The Hall–Kier alpha value is -1.31. The lowest BCUT2D eigenvalue weighted by atomic mass is 10.0. The molecule has 1 N–H and O–H groups in total. The van der Waals surface area contributed by atoms with Gasteiger partial charge < -0.3 is 0 Å². The summed E-state index contributed by atoms with van der Waals surface area (Å²) in [7, 11) is 0. The smallest absolute Gasteiger partial charge is 0.0700 e. The minimum atomic E-state index is 1.10. The summed E-state index contributed by atoms with van der Waals surface area (Å²) in [5.74, 6) is 0. The zero-order chi connectivity index (χ0) is 13.5. The van der Waals surface area contributed by atoms with Gasteiger partial charge in [0.05, 0.1) is 11.2 Å². The van der Waals surface area contributed by atoms with Gasteiger partial charge in [0.25, 0.3) is 0 Å². The Balaban J connectivity index is 2.08. The maximum Gasteiger partial charge on any atom is 0.0700 e. The van der Waals surface area contributed by atoms with Crippen LogP contribution in [0.2, 0.25) is 0 Å². The summed E-state index contributed by atoms with van der Waals surface area (Å²) in [5.41, 5.74) is 3.89. The van der Waals surface area contributed by atoms with Gasteiger partial charge in [0.2, 0.25) is 0 Å². The summed E-state index contributed by atoms with van der Waals surface area (Å²) in [6, 6.07) is 6.77. The molecule has 1 heterocycles. The van der Waals surface area contributed by atoms with Crippen molar-refractivity contribution in [3.05, 3.63) is 29.5 Å². The van der Waals surface area contributed by atoms with Crippen molar-refractivity contribution in [3.63, 3.8) is 0 Å². The number of aromatic nitrogens is 2. The molecule has 2 nitrogen and oxygen atoms in total. The number of hydrogen-bond acceptors (Lipinski definition) is 1. The Morgan fingerprint density at radius 3 is 2.42 bits per heavy atom. The average molecular weight is 258 g/mol. The highest BCUT2D eigenvalue weighted by Gasteiger charge is 2.06. The van der Waals surface area contributed by atoms with Crippen LogP contribution in [0.25, 0.3) is 10.9 Å². The number of aryl methyl sites for hydroxylation is 2. The third kappa shape index (κ3) is 3.82. The van der Waals surface area contributed by atoms with Crippen molar-refractivity contribution < 1.29 is 0 Å². The van der Waals surface area contributed by atoms with Crippen molar-refractivity contribution in [1.82, 2.24) is 10.2 Å². The van der Waals surface area contributed by atoms with E-state index in [9.17, 15) is 0 Å². The van der Waals surface area contributed by atoms with Gasteiger partial charge in [-0.15, -0.1) is 0 Å². The van der Waals surface area contributed by atoms with Crippen LogP contribution in [-0.4, -0.2) is 10.2 Å². The maximum atomic E-state index is 4.48. The highest BCUT2D eigenvalue weighted by atomic mass is 15.1. The quantitative estimate of drug-likeness (QED) is 0.661. The van der Waals surface area contributed by atoms with Gasteiger partial charge >= 0.3 is 0 Å². The number of fused-ring (bicyclic) bond motifs is 1. The van der Waals surface area contributed by atoms with Crippen molar-refractivity contribution in [2.45, 2.75) is 65.2 Å². The zero-order valence-electron chi connectivity index (χ0n) is 12.3. The van der Waals surface area contributed by atoms with Crippen molar-refractivity contribution in [1.29, 1.82) is 0 Å². The number of benzene rings is 1. The van der Waals surface area contributed by atoms with Crippen LogP contribution in [0.4, 0.5) is 0 Å². The Bertz CT molecular complexity index is 499. The SMILES string of the molecule is CCCCCc1ccc2[nH]nc(CCCCC)c2c1. The summed E-state index contributed by atoms with van der Waals surface area (Å²) in [4.78, 5) is 0. The van der Waals surface area contributed by atoms with Gasteiger partial charge in [0.1, 0.15) is 0 Å². The molecular formula is C17H26N2. The number of rotatable bonds is 8. The summed E-state index contributed by atoms with van der Waals surface area (Å²) in [6.45, 7) is 4.50. The van der Waals surface area contributed by atoms with E-state index in [0.717, 1.165) is 6.42 Å². The van der Waals surface area contributed by atoms with Crippen molar-refractivity contribution >= 4 is 10.9 Å². The highest BCUT2D eigenvalue weighted by Crippen LogP contribution is 2.20. The van der Waals surface area contributed by atoms with Gasteiger partial charge in [0.15, 0.2) is 0 Å². The fourth-order valence-electron chi connectivity index (χ4n) is 2.58. The van der Waals surface area contributed by atoms with E-state index in [-0.39, 0.29) is 0 Å². The summed E-state index contributed by atoms with van der Waals surface area (Å²) in [6.07, 6.45) is 10.0. The molecule has 19 heavy (non-hydrogen) atoms. The molecule has 0 unspecified atom stereocenters. The first kappa shape index (κ1) is 14.1. The second-order valence-corrected chi connectivity index (χ2v) is 5.46. The molecule has 0 atom stereocenters. The minimum absolute atomic E-state index is 1.10. The lowest BCUT2D eigenvalue weighted by Crippen LogP contribution is -1.88. The van der Waals surface area contributed by atoms with Gasteiger partial charge in [0, 0.05) is 5.39 Å². The maximum absolute atomic E-state index is 4.48. The van der Waals surface area contributed by atoms with E-state index in [0.29, 0.717) is 0 Å². The molecule has 1 aromatic heterocycles. The predicted octanol–water partition coefficient (Wildman–Crippen LogP) is 5.03. The Labute approximate surface area is 116 Å². The molecule has 0 bridgehead atoms. The first-order valence-electron chi connectivity index (χ1n) is 7.81. The average Bonchev–Trinajstić information content (AvgIpc) is 2.82. The number of H-pyrrole nitrogens is 1. The van der Waals surface area contributed by atoms with E-state index in [4.69, 9.17) is 0 Å². The lowest BCUT2D eigenvalue weighted by Gasteiger charge is -2.02. The van der Waals surface area contributed by atoms with Gasteiger partial charge in [-0.25, -0.2) is 0 Å². The molecule has 0 saturated heterocycles. The largest absolute Gasteiger partial charge is 0.278 e. The molecule has 0 aliphatic carbocycles. The number of nitrogens with one attached hydrogen (secondary N) is 1. The van der Waals surface area contributed by atoms with Crippen LogP contribution in [0, 0.1) is 0 Å². The molecule has 2 heteroatoms. The van der Waals surface area contributed by atoms with Crippen LogP contribution in [0.15, 0.2) is 18.2 Å². The van der Waals surface area contributed by atoms with Crippen LogP contribution in [0.5, 0.6) is 0 Å². The molecule has 0 aliphatic rings. The summed E-state index contributed by atoms with van der Waals surface area (Å²) in [5, 5.41) is 8.98. The van der Waals surface area contributed by atoms with Crippen LogP contribution in [-0.2, 0) is 12.8 Å². The van der Waals surface area contributed by atoms with E-state index >= 15 is 0 Å². The monoisotopic (exact) mass is 258 g/mol. The lowest BCUT2D eigenvalue weighted by molar-refractivity contribution is 0.707. The van der Waals surface area contributed by atoms with Gasteiger partial charge in [-0.3, -0.25) is 5.10 Å². The van der Waals surface area contributed by atoms with E-state index in [1.807, 2.05) is 0 Å². The van der Waals surface area contributed by atoms with E-state index in [1.54, 1.807) is 0 Å². The number of hydrogen-bond donors (Lipinski definition) is 1. The highest BCUT2D eigenvalue weighted by molar-refractivity contribution is 5.82. The third-order valence-electron chi connectivity index (χ3n) is 3.79. The molecular weight excluding hydrogens is 232 g/mol. The normalized spacial score (nSPS) is 11.3. The molecule has 2 aromatic rings. The first-order valence-corrected chi connectivity index (χ1v) is 7.81. The van der Waals surface area contributed by atoms with Crippen LogP contribution in [0.3, 0.4) is 0 Å². The van der Waals surface area contributed by atoms with Gasteiger partial charge in [-0.2, -0.15) is 5.10 Å². The molecule has 0 spiro atoms. The van der Waals surface area contributed by atoms with Crippen molar-refractivity contribution in [2.75, 3.05) is 0 Å². The molecule has 0 aliphatic heterocycles. The first-order chi connectivity index (χ1) is 9.35. The Morgan fingerprint density at radius 2 is 1.68 bits per heavy atom. The molecule has 1 aromatic carbocycles. The van der Waals surface area contributed by atoms with E-state index in [1.165, 1.54) is 67.1 Å². The summed E-state index contributed by atoms with van der Waals surface area (Å²) >= 11 is 0. The van der Waals surface area contributed by atoms with Crippen LogP contribution >= 0.6 is 0 Å².